The molecule has 0 aliphatic rings. The van der Waals surface area contributed by atoms with Crippen molar-refractivity contribution < 1.29 is 4.79 Å². The fourth-order valence-corrected chi connectivity index (χ4v) is 1.14. The first-order valence-corrected chi connectivity index (χ1v) is 4.33. The lowest BCUT2D eigenvalue weighted by Crippen LogP contribution is -2.45. The highest BCUT2D eigenvalue weighted by Crippen LogP contribution is 2.15. The SMILES string of the molecule is C=CNC(C(N)=O)[C@@H](C)C(C)C=C. The van der Waals surface area contributed by atoms with Crippen LogP contribution in [0.15, 0.2) is 25.4 Å². The third kappa shape index (κ3) is 3.32. The first kappa shape index (κ1) is 11.8. The fourth-order valence-electron chi connectivity index (χ4n) is 1.14. The summed E-state index contributed by atoms with van der Waals surface area (Å²) in [4.78, 5) is 11.0. The number of carbonyl (C=O) groups excluding carboxylic acids is 1. The van der Waals surface area contributed by atoms with Crippen molar-refractivity contribution in [3.63, 3.8) is 0 Å². The van der Waals surface area contributed by atoms with Gasteiger partial charge in [-0.1, -0.05) is 26.5 Å². The van der Waals surface area contributed by atoms with Crippen LogP contribution in [-0.4, -0.2) is 11.9 Å². The van der Waals surface area contributed by atoms with Crippen LogP contribution >= 0.6 is 0 Å². The Morgan fingerprint density at radius 1 is 1.46 bits per heavy atom. The van der Waals surface area contributed by atoms with Gasteiger partial charge in [0.25, 0.3) is 0 Å². The van der Waals surface area contributed by atoms with Crippen LogP contribution in [0.2, 0.25) is 0 Å². The van der Waals surface area contributed by atoms with E-state index in [1.807, 2.05) is 19.9 Å². The monoisotopic (exact) mass is 182 g/mol. The number of amides is 1. The molecule has 0 fully saturated rings. The number of primary amides is 1. The van der Waals surface area contributed by atoms with E-state index in [9.17, 15) is 4.79 Å². The highest BCUT2D eigenvalue weighted by molar-refractivity contribution is 5.80. The van der Waals surface area contributed by atoms with E-state index in [-0.39, 0.29) is 23.8 Å². The van der Waals surface area contributed by atoms with Crippen LogP contribution in [0.4, 0.5) is 0 Å². The zero-order chi connectivity index (χ0) is 10.4. The number of nitrogens with one attached hydrogen (secondary N) is 1. The third-order valence-corrected chi connectivity index (χ3v) is 2.33. The smallest absolute Gasteiger partial charge is 0.240 e. The van der Waals surface area contributed by atoms with Gasteiger partial charge in [0.15, 0.2) is 0 Å². The van der Waals surface area contributed by atoms with Gasteiger partial charge in [-0.15, -0.1) is 6.58 Å². The van der Waals surface area contributed by atoms with E-state index in [1.165, 1.54) is 6.20 Å². The number of allylic oxidation sites excluding steroid dienone is 1. The van der Waals surface area contributed by atoms with Gasteiger partial charge >= 0.3 is 0 Å². The van der Waals surface area contributed by atoms with Crippen LogP contribution < -0.4 is 11.1 Å². The molecular formula is C10H18N2O. The Morgan fingerprint density at radius 3 is 2.31 bits per heavy atom. The summed E-state index contributed by atoms with van der Waals surface area (Å²) >= 11 is 0. The standard InChI is InChI=1S/C10H18N2O/c1-5-7(3)8(4)9(10(11)13)12-6-2/h5-9,12H,1-2H2,3-4H3,(H2,11,13)/t7?,8-,9?/m0/s1. The maximum Gasteiger partial charge on any atom is 0.240 e. The first-order chi connectivity index (χ1) is 6.04. The molecule has 0 aromatic rings. The molecule has 3 heteroatoms. The molecule has 0 aliphatic heterocycles. The van der Waals surface area contributed by atoms with E-state index in [0.29, 0.717) is 0 Å². The second-order valence-electron chi connectivity index (χ2n) is 3.20. The first-order valence-electron chi connectivity index (χ1n) is 4.33. The van der Waals surface area contributed by atoms with Gasteiger partial charge in [-0.05, 0) is 18.0 Å². The van der Waals surface area contributed by atoms with Crippen LogP contribution in [0, 0.1) is 11.8 Å². The molecule has 0 bridgehead atoms. The molecule has 0 saturated carbocycles. The Kier molecular flexibility index (Phi) is 4.89. The minimum Gasteiger partial charge on any atom is -0.380 e. The Hall–Kier alpha value is -1.25. The quantitative estimate of drug-likeness (QED) is 0.603. The highest BCUT2D eigenvalue weighted by Gasteiger charge is 2.24. The lowest BCUT2D eigenvalue weighted by molar-refractivity contribution is -0.121. The summed E-state index contributed by atoms with van der Waals surface area (Å²) in [5, 5.41) is 2.84. The summed E-state index contributed by atoms with van der Waals surface area (Å²) in [5.74, 6) is -0.000880. The van der Waals surface area contributed by atoms with Gasteiger partial charge in [-0.25, -0.2) is 0 Å². The third-order valence-electron chi connectivity index (χ3n) is 2.33. The summed E-state index contributed by atoms with van der Waals surface area (Å²) in [6, 6.07) is -0.370. The van der Waals surface area contributed by atoms with E-state index >= 15 is 0 Å². The maximum absolute atomic E-state index is 11.0. The summed E-state index contributed by atoms with van der Waals surface area (Å²) < 4.78 is 0. The van der Waals surface area contributed by atoms with E-state index in [2.05, 4.69) is 18.5 Å². The largest absolute Gasteiger partial charge is 0.380 e. The van der Waals surface area contributed by atoms with Crippen molar-refractivity contribution in [1.29, 1.82) is 0 Å². The zero-order valence-corrected chi connectivity index (χ0v) is 8.29. The molecule has 0 spiro atoms. The van der Waals surface area contributed by atoms with Gasteiger partial charge < -0.3 is 11.1 Å². The molecule has 0 aliphatic carbocycles. The molecular weight excluding hydrogens is 164 g/mol. The van der Waals surface area contributed by atoms with Gasteiger partial charge in [-0.3, -0.25) is 4.79 Å². The molecule has 3 atom stereocenters. The molecule has 2 unspecified atom stereocenters. The number of carbonyl (C=O) groups is 1. The fraction of sp³-hybridized carbons (Fsp3) is 0.500. The predicted octanol–water partition coefficient (Wildman–Crippen LogP) is 1.03. The minimum absolute atomic E-state index is 0.119. The van der Waals surface area contributed by atoms with Gasteiger partial charge in [0.1, 0.15) is 6.04 Å². The van der Waals surface area contributed by atoms with Crippen LogP contribution in [0.5, 0.6) is 0 Å². The molecule has 0 aromatic carbocycles. The molecule has 0 rings (SSSR count). The zero-order valence-electron chi connectivity index (χ0n) is 8.29. The number of hydrogen-bond acceptors (Lipinski definition) is 2. The van der Waals surface area contributed by atoms with Gasteiger partial charge in [0.2, 0.25) is 5.91 Å². The summed E-state index contributed by atoms with van der Waals surface area (Å²) in [7, 11) is 0. The molecule has 1 amide bonds. The highest BCUT2D eigenvalue weighted by atomic mass is 16.1. The van der Waals surface area contributed by atoms with Crippen molar-refractivity contribution in [1.82, 2.24) is 5.32 Å². The van der Waals surface area contributed by atoms with Crippen LogP contribution in [0.25, 0.3) is 0 Å². The van der Waals surface area contributed by atoms with Gasteiger partial charge in [-0.2, -0.15) is 0 Å². The van der Waals surface area contributed by atoms with E-state index < -0.39 is 0 Å². The van der Waals surface area contributed by atoms with Crippen LogP contribution in [0.3, 0.4) is 0 Å². The number of nitrogens with two attached hydrogens (primary N) is 1. The van der Waals surface area contributed by atoms with E-state index in [0.717, 1.165) is 0 Å². The summed E-state index contributed by atoms with van der Waals surface area (Å²) in [6.07, 6.45) is 3.30. The van der Waals surface area contributed by atoms with Crippen LogP contribution in [-0.2, 0) is 4.79 Å². The normalized spacial score (nSPS) is 16.8. The molecule has 74 valence electrons. The van der Waals surface area contributed by atoms with E-state index in [4.69, 9.17) is 5.73 Å². The Labute approximate surface area is 79.7 Å². The van der Waals surface area contributed by atoms with Crippen LogP contribution in [0.1, 0.15) is 13.8 Å². The van der Waals surface area contributed by atoms with Crippen molar-refractivity contribution >= 4 is 5.91 Å². The minimum atomic E-state index is -0.370. The van der Waals surface area contributed by atoms with E-state index in [1.54, 1.807) is 0 Å². The lowest BCUT2D eigenvalue weighted by Gasteiger charge is -2.24. The van der Waals surface area contributed by atoms with Crippen molar-refractivity contribution in [3.05, 3.63) is 25.4 Å². The summed E-state index contributed by atoms with van der Waals surface area (Å²) in [5.41, 5.74) is 5.23. The van der Waals surface area contributed by atoms with Gasteiger partial charge in [0.05, 0.1) is 0 Å². The molecule has 13 heavy (non-hydrogen) atoms. The Balaban J connectivity index is 4.43. The molecule has 0 heterocycles. The molecule has 0 aromatic heterocycles. The molecule has 0 radical (unpaired) electrons. The predicted molar refractivity (Wildman–Crippen MR) is 54.8 cm³/mol. The summed E-state index contributed by atoms with van der Waals surface area (Å²) in [6.45, 7) is 11.1. The molecule has 0 saturated heterocycles. The molecule has 3 nitrogen and oxygen atoms in total. The van der Waals surface area contributed by atoms with Crippen molar-refractivity contribution in [2.75, 3.05) is 0 Å². The molecule has 3 N–H and O–H groups in total. The second-order valence-corrected chi connectivity index (χ2v) is 3.20. The Morgan fingerprint density at radius 2 is 2.00 bits per heavy atom. The van der Waals surface area contributed by atoms with Crippen molar-refractivity contribution in [2.24, 2.45) is 17.6 Å². The number of rotatable bonds is 6. The lowest BCUT2D eigenvalue weighted by atomic mass is 9.88. The Bertz CT molecular complexity index is 201. The van der Waals surface area contributed by atoms with Crippen molar-refractivity contribution in [3.8, 4) is 0 Å². The number of hydrogen-bond donors (Lipinski definition) is 2. The second kappa shape index (κ2) is 5.41. The topological polar surface area (TPSA) is 55.1 Å². The van der Waals surface area contributed by atoms with Crippen molar-refractivity contribution in [2.45, 2.75) is 19.9 Å². The average molecular weight is 182 g/mol. The average Bonchev–Trinajstić information content (AvgIpc) is 2.11. The van der Waals surface area contributed by atoms with Gasteiger partial charge in [0, 0.05) is 0 Å². The maximum atomic E-state index is 11.0.